The molecule has 13 heteroatoms. The van der Waals surface area contributed by atoms with Gasteiger partial charge in [-0.05, 0) is 94.4 Å². The fourth-order valence-electron chi connectivity index (χ4n) is 3.73. The Morgan fingerprint density at radius 3 is 2.55 bits per heavy atom. The molecule has 0 bridgehead atoms. The van der Waals surface area contributed by atoms with Crippen molar-refractivity contribution in [1.29, 1.82) is 0 Å². The zero-order valence-electron chi connectivity index (χ0n) is 21.2. The molecule has 0 aromatic heterocycles. The average molecular weight is 749 g/mol. The Hall–Kier alpha value is -2.79. The molecule has 1 aliphatic rings. The van der Waals surface area contributed by atoms with Gasteiger partial charge in [0.1, 0.15) is 6.61 Å². The first-order chi connectivity index (χ1) is 18.2. The van der Waals surface area contributed by atoms with Crippen molar-refractivity contribution in [1.82, 2.24) is 16.1 Å². The molecule has 2 aromatic rings. The van der Waals surface area contributed by atoms with E-state index < -0.39 is 24.3 Å². The summed E-state index contributed by atoms with van der Waals surface area (Å²) in [6.45, 7) is 3.70. The summed E-state index contributed by atoms with van der Waals surface area (Å²) in [5, 5.41) is 22.9. The number of nitrogens with one attached hydrogen (secondary N) is 4. The highest BCUT2D eigenvalue weighted by Crippen LogP contribution is 2.35. The number of benzene rings is 2. The third kappa shape index (κ3) is 7.41. The number of nitrogens with zero attached hydrogens (tertiary/aromatic N) is 1. The van der Waals surface area contributed by atoms with Crippen molar-refractivity contribution >= 4 is 69.1 Å². The molecule has 0 saturated heterocycles. The Morgan fingerprint density at radius 1 is 1.21 bits per heavy atom. The van der Waals surface area contributed by atoms with Crippen LogP contribution >= 0.6 is 45.2 Å². The first-order valence-corrected chi connectivity index (χ1v) is 13.7. The number of ether oxygens (including phenoxy) is 3. The van der Waals surface area contributed by atoms with E-state index in [0.29, 0.717) is 29.4 Å². The molecule has 2 amide bonds. The second-order valence-electron chi connectivity index (χ2n) is 8.02. The highest BCUT2D eigenvalue weighted by molar-refractivity contribution is 14.1. The quantitative estimate of drug-likeness (QED) is 0.0774. The maximum atomic E-state index is 12.4. The standard InChI is InChI=1S/C25H29I2N5O6/c1-5-37-19-10-15(22-21(24(34)36-4)13(2)30-25(35)31-22)6-7-18(19)38-12-20(33)32-29-11-14-8-16(26)23(28-3)17(27)9-14/h6-11,20,22,28,32-33H,5,12H2,1-4H3,(H2,30,31,35)/b29-11-/t20-,22-/m1/s1. The summed E-state index contributed by atoms with van der Waals surface area (Å²) in [6, 6.07) is 7.83. The number of hydrogen-bond acceptors (Lipinski definition) is 9. The van der Waals surface area contributed by atoms with Crippen LogP contribution in [-0.4, -0.2) is 56.9 Å². The van der Waals surface area contributed by atoms with Gasteiger partial charge in [-0.25, -0.2) is 9.59 Å². The van der Waals surface area contributed by atoms with E-state index in [0.717, 1.165) is 18.4 Å². The van der Waals surface area contributed by atoms with Crippen molar-refractivity contribution in [2.75, 3.05) is 32.7 Å². The van der Waals surface area contributed by atoms with Crippen LogP contribution in [0.2, 0.25) is 0 Å². The third-order valence-electron chi connectivity index (χ3n) is 5.42. The zero-order valence-corrected chi connectivity index (χ0v) is 25.5. The number of aliphatic hydroxyl groups excluding tert-OH is 1. The van der Waals surface area contributed by atoms with Crippen LogP contribution in [0.15, 0.2) is 46.7 Å². The lowest BCUT2D eigenvalue weighted by atomic mass is 9.95. The minimum atomic E-state index is -1.09. The van der Waals surface area contributed by atoms with Crippen LogP contribution in [0.4, 0.5) is 10.5 Å². The number of allylic oxidation sites excluding steroid dienone is 1. The molecule has 2 aromatic carbocycles. The van der Waals surface area contributed by atoms with Gasteiger partial charge in [0.15, 0.2) is 17.7 Å². The van der Waals surface area contributed by atoms with E-state index in [2.05, 4.69) is 71.7 Å². The number of rotatable bonds is 11. The molecular formula is C25H29I2N5O6. The van der Waals surface area contributed by atoms with E-state index in [1.807, 2.05) is 26.1 Å². The molecule has 5 N–H and O–H groups in total. The van der Waals surface area contributed by atoms with Gasteiger partial charge in [0.05, 0.1) is 37.2 Å². The Morgan fingerprint density at radius 2 is 1.92 bits per heavy atom. The second-order valence-corrected chi connectivity index (χ2v) is 10.3. The minimum absolute atomic E-state index is 0.110. The Kier molecular flexibility index (Phi) is 10.8. The van der Waals surface area contributed by atoms with Gasteiger partial charge in [0.2, 0.25) is 0 Å². The fraction of sp³-hybridized carbons (Fsp3) is 0.320. The van der Waals surface area contributed by atoms with Crippen LogP contribution in [0.5, 0.6) is 11.5 Å². The van der Waals surface area contributed by atoms with Gasteiger partial charge in [-0.2, -0.15) is 5.10 Å². The van der Waals surface area contributed by atoms with Crippen molar-refractivity contribution in [3.63, 3.8) is 0 Å². The molecular weight excluding hydrogens is 720 g/mol. The molecule has 3 rings (SSSR count). The van der Waals surface area contributed by atoms with Gasteiger partial charge < -0.3 is 35.3 Å². The topological polar surface area (TPSA) is 143 Å². The smallest absolute Gasteiger partial charge is 0.337 e. The fourth-order valence-corrected chi connectivity index (χ4v) is 6.08. The third-order valence-corrected chi connectivity index (χ3v) is 7.13. The van der Waals surface area contributed by atoms with E-state index in [9.17, 15) is 14.7 Å². The number of urea groups is 1. The van der Waals surface area contributed by atoms with Crippen LogP contribution in [0, 0.1) is 7.14 Å². The van der Waals surface area contributed by atoms with Crippen LogP contribution in [-0.2, 0) is 9.53 Å². The SMILES string of the molecule is CCOc1cc([C@H]2NC(=O)NC(C)=C2C(=O)OC)ccc1OC[C@@H](O)N/N=C\c1cc(I)c(NC)c(I)c1. The van der Waals surface area contributed by atoms with Crippen LogP contribution in [0.1, 0.15) is 31.0 Å². The van der Waals surface area contributed by atoms with E-state index in [4.69, 9.17) is 14.2 Å². The van der Waals surface area contributed by atoms with Gasteiger partial charge in [-0.15, -0.1) is 0 Å². The molecule has 2 atom stereocenters. The Bertz CT molecular complexity index is 1230. The van der Waals surface area contributed by atoms with Gasteiger partial charge in [-0.1, -0.05) is 6.07 Å². The van der Waals surface area contributed by atoms with Crippen LogP contribution < -0.4 is 30.8 Å². The summed E-state index contributed by atoms with van der Waals surface area (Å²) < 4.78 is 18.5. The number of aliphatic hydroxyl groups is 1. The molecule has 204 valence electrons. The number of esters is 1. The Labute approximate surface area is 248 Å². The van der Waals surface area contributed by atoms with E-state index in [1.54, 1.807) is 31.3 Å². The Balaban J connectivity index is 1.70. The molecule has 0 spiro atoms. The molecule has 1 aliphatic heterocycles. The first-order valence-electron chi connectivity index (χ1n) is 11.6. The number of anilines is 1. The maximum Gasteiger partial charge on any atom is 0.337 e. The summed E-state index contributed by atoms with van der Waals surface area (Å²) in [5.41, 5.74) is 5.87. The summed E-state index contributed by atoms with van der Waals surface area (Å²) in [6.07, 6.45) is 0.533. The van der Waals surface area contributed by atoms with Gasteiger partial charge in [0.25, 0.3) is 0 Å². The predicted molar refractivity (Wildman–Crippen MR) is 160 cm³/mol. The molecule has 0 aliphatic carbocycles. The van der Waals surface area contributed by atoms with Gasteiger partial charge >= 0.3 is 12.0 Å². The summed E-state index contributed by atoms with van der Waals surface area (Å²) in [5.74, 6) is 0.215. The molecule has 0 unspecified atom stereocenters. The molecule has 11 nitrogen and oxygen atoms in total. The first kappa shape index (κ1) is 29.8. The van der Waals surface area contributed by atoms with Crippen molar-refractivity contribution in [3.8, 4) is 11.5 Å². The van der Waals surface area contributed by atoms with Crippen LogP contribution in [0.3, 0.4) is 0 Å². The van der Waals surface area contributed by atoms with Gasteiger partial charge in [0, 0.05) is 19.9 Å². The number of carbonyl (C=O) groups excluding carboxylic acids is 2. The average Bonchev–Trinajstić information content (AvgIpc) is 2.87. The normalized spacial score (nSPS) is 16.0. The zero-order chi connectivity index (χ0) is 27.8. The van der Waals surface area contributed by atoms with Crippen LogP contribution in [0.25, 0.3) is 0 Å². The monoisotopic (exact) mass is 749 g/mol. The highest BCUT2D eigenvalue weighted by atomic mass is 127. The number of hydrazone groups is 1. The molecule has 0 saturated carbocycles. The predicted octanol–water partition coefficient (Wildman–Crippen LogP) is 3.46. The molecule has 0 fully saturated rings. The van der Waals surface area contributed by atoms with Crippen molar-refractivity contribution in [2.45, 2.75) is 26.1 Å². The number of methoxy groups -OCH3 is 1. The summed E-state index contributed by atoms with van der Waals surface area (Å²) in [7, 11) is 3.15. The maximum absolute atomic E-state index is 12.4. The number of hydrogen-bond donors (Lipinski definition) is 5. The van der Waals surface area contributed by atoms with Crippen molar-refractivity contribution in [3.05, 3.63) is 59.9 Å². The number of halogens is 2. The molecule has 38 heavy (non-hydrogen) atoms. The minimum Gasteiger partial charge on any atom is -0.490 e. The molecule has 0 radical (unpaired) electrons. The van der Waals surface area contributed by atoms with Crippen molar-refractivity contribution < 1.29 is 28.9 Å². The highest BCUT2D eigenvalue weighted by Gasteiger charge is 2.32. The lowest BCUT2D eigenvalue weighted by Crippen LogP contribution is -2.45. The van der Waals surface area contributed by atoms with E-state index in [1.165, 1.54) is 7.11 Å². The van der Waals surface area contributed by atoms with Crippen molar-refractivity contribution in [2.24, 2.45) is 5.10 Å². The van der Waals surface area contributed by atoms with E-state index >= 15 is 0 Å². The largest absolute Gasteiger partial charge is 0.490 e. The summed E-state index contributed by atoms with van der Waals surface area (Å²) >= 11 is 4.50. The lowest BCUT2D eigenvalue weighted by Gasteiger charge is -2.28. The number of amides is 2. The second kappa shape index (κ2) is 13.8. The molecule has 1 heterocycles. The number of carbonyl (C=O) groups is 2. The van der Waals surface area contributed by atoms with E-state index in [-0.39, 0.29) is 12.2 Å². The lowest BCUT2D eigenvalue weighted by molar-refractivity contribution is -0.136. The van der Waals surface area contributed by atoms with Gasteiger partial charge in [-0.3, -0.25) is 5.43 Å². The summed E-state index contributed by atoms with van der Waals surface area (Å²) in [4.78, 5) is 24.5.